The third kappa shape index (κ3) is 1.89. The third-order valence-corrected chi connectivity index (χ3v) is 2.45. The Labute approximate surface area is 89.0 Å². The Morgan fingerprint density at radius 3 is 2.73 bits per heavy atom. The minimum Gasteiger partial charge on any atom is -0.294 e. The fourth-order valence-corrected chi connectivity index (χ4v) is 1.57. The summed E-state index contributed by atoms with van der Waals surface area (Å²) < 4.78 is 0. The smallest absolute Gasteiger partial charge is 0.165 e. The molecule has 2 rings (SSSR count). The first-order valence-electron chi connectivity index (χ1n) is 5.06. The first-order chi connectivity index (χ1) is 7.18. The molecule has 2 nitrogen and oxygen atoms in total. The van der Waals surface area contributed by atoms with E-state index in [1.165, 1.54) is 0 Å². The van der Waals surface area contributed by atoms with Crippen molar-refractivity contribution in [3.05, 3.63) is 42.2 Å². The molecule has 0 fully saturated rings. The first kappa shape index (κ1) is 9.84. The van der Waals surface area contributed by atoms with Crippen LogP contribution in [0, 0.1) is 5.92 Å². The van der Waals surface area contributed by atoms with Crippen LogP contribution >= 0.6 is 0 Å². The summed E-state index contributed by atoms with van der Waals surface area (Å²) in [4.78, 5) is 15.8. The average molecular weight is 199 g/mol. The SMILES string of the molecule is CC(C)C(=O)c1ccc2ccncc2c1. The van der Waals surface area contributed by atoms with Crippen molar-refractivity contribution in [2.75, 3.05) is 0 Å². The summed E-state index contributed by atoms with van der Waals surface area (Å²) in [5, 5.41) is 2.13. The highest BCUT2D eigenvalue weighted by Crippen LogP contribution is 2.16. The van der Waals surface area contributed by atoms with Crippen LogP contribution in [0.25, 0.3) is 10.8 Å². The second-order valence-corrected chi connectivity index (χ2v) is 3.96. The Morgan fingerprint density at radius 1 is 1.20 bits per heavy atom. The number of aromatic nitrogens is 1. The second-order valence-electron chi connectivity index (χ2n) is 3.96. The van der Waals surface area contributed by atoms with E-state index in [0.29, 0.717) is 0 Å². The van der Waals surface area contributed by atoms with Crippen LogP contribution < -0.4 is 0 Å². The molecule has 2 heteroatoms. The van der Waals surface area contributed by atoms with E-state index in [-0.39, 0.29) is 11.7 Å². The Hall–Kier alpha value is -1.70. The van der Waals surface area contributed by atoms with Crippen LogP contribution in [0.5, 0.6) is 0 Å². The molecule has 0 atom stereocenters. The number of carbonyl (C=O) groups is 1. The normalized spacial score (nSPS) is 10.9. The number of rotatable bonds is 2. The number of benzene rings is 1. The van der Waals surface area contributed by atoms with E-state index < -0.39 is 0 Å². The van der Waals surface area contributed by atoms with Gasteiger partial charge in [-0.15, -0.1) is 0 Å². The molecule has 0 saturated heterocycles. The maximum atomic E-state index is 11.8. The van der Waals surface area contributed by atoms with Gasteiger partial charge in [0.05, 0.1) is 0 Å². The van der Waals surface area contributed by atoms with Gasteiger partial charge < -0.3 is 0 Å². The van der Waals surface area contributed by atoms with Crippen LogP contribution in [0.1, 0.15) is 24.2 Å². The monoisotopic (exact) mass is 199 g/mol. The van der Waals surface area contributed by atoms with E-state index in [1.54, 1.807) is 12.4 Å². The zero-order chi connectivity index (χ0) is 10.8. The molecule has 0 spiro atoms. The molecule has 1 aromatic carbocycles. The lowest BCUT2D eigenvalue weighted by atomic mass is 9.99. The summed E-state index contributed by atoms with van der Waals surface area (Å²) in [7, 11) is 0. The molecule has 1 aromatic heterocycles. The Bertz CT molecular complexity index is 503. The molecule has 0 aliphatic heterocycles. The Balaban J connectivity index is 2.52. The van der Waals surface area contributed by atoms with Gasteiger partial charge in [0.15, 0.2) is 5.78 Å². The molecule has 15 heavy (non-hydrogen) atoms. The van der Waals surface area contributed by atoms with Crippen molar-refractivity contribution in [3.8, 4) is 0 Å². The quantitative estimate of drug-likeness (QED) is 0.696. The number of Topliss-reactive ketones (excluding diaryl/α,β-unsaturated/α-hetero) is 1. The fourth-order valence-electron chi connectivity index (χ4n) is 1.57. The maximum Gasteiger partial charge on any atom is 0.165 e. The minimum absolute atomic E-state index is 0.0409. The van der Waals surface area contributed by atoms with Gasteiger partial charge in [0.25, 0.3) is 0 Å². The van der Waals surface area contributed by atoms with Crippen molar-refractivity contribution >= 4 is 16.6 Å². The average Bonchev–Trinajstić information content (AvgIpc) is 2.27. The van der Waals surface area contributed by atoms with Crippen LogP contribution in [0.4, 0.5) is 0 Å². The summed E-state index contributed by atoms with van der Waals surface area (Å²) in [6.07, 6.45) is 3.54. The maximum absolute atomic E-state index is 11.8. The second kappa shape index (κ2) is 3.81. The number of ketones is 1. The van der Waals surface area contributed by atoms with Gasteiger partial charge in [-0.05, 0) is 17.5 Å². The van der Waals surface area contributed by atoms with Crippen molar-refractivity contribution in [2.24, 2.45) is 5.92 Å². The molecule has 0 unspecified atom stereocenters. The third-order valence-electron chi connectivity index (χ3n) is 2.45. The highest BCUT2D eigenvalue weighted by Gasteiger charge is 2.10. The lowest BCUT2D eigenvalue weighted by Gasteiger charge is -2.05. The summed E-state index contributed by atoms with van der Waals surface area (Å²) >= 11 is 0. The van der Waals surface area contributed by atoms with Crippen molar-refractivity contribution in [1.82, 2.24) is 4.98 Å². The number of nitrogens with zero attached hydrogens (tertiary/aromatic N) is 1. The van der Waals surface area contributed by atoms with Gasteiger partial charge in [-0.3, -0.25) is 9.78 Å². The lowest BCUT2D eigenvalue weighted by molar-refractivity contribution is 0.0939. The van der Waals surface area contributed by atoms with E-state index in [9.17, 15) is 4.79 Å². The highest BCUT2D eigenvalue weighted by atomic mass is 16.1. The zero-order valence-corrected chi connectivity index (χ0v) is 8.90. The number of carbonyl (C=O) groups excluding carboxylic acids is 1. The molecule has 76 valence electrons. The van der Waals surface area contributed by atoms with E-state index >= 15 is 0 Å². The predicted octanol–water partition coefficient (Wildman–Crippen LogP) is 3.07. The van der Waals surface area contributed by atoms with Crippen molar-refractivity contribution in [3.63, 3.8) is 0 Å². The van der Waals surface area contributed by atoms with E-state index in [1.807, 2.05) is 38.1 Å². The molecule has 0 N–H and O–H groups in total. The largest absolute Gasteiger partial charge is 0.294 e. The summed E-state index contributed by atoms with van der Waals surface area (Å²) in [6, 6.07) is 7.70. The van der Waals surface area contributed by atoms with Crippen molar-refractivity contribution in [2.45, 2.75) is 13.8 Å². The standard InChI is InChI=1S/C13H13NO/c1-9(2)13(15)11-4-3-10-5-6-14-8-12(10)7-11/h3-9H,1-2H3. The van der Waals surface area contributed by atoms with Gasteiger partial charge in [-0.2, -0.15) is 0 Å². The van der Waals surface area contributed by atoms with E-state index in [4.69, 9.17) is 0 Å². The molecule has 2 aromatic rings. The molecule has 0 saturated carbocycles. The molecule has 0 bridgehead atoms. The molecular formula is C13H13NO. The van der Waals surface area contributed by atoms with Crippen LogP contribution in [0.3, 0.4) is 0 Å². The predicted molar refractivity (Wildman–Crippen MR) is 60.9 cm³/mol. The molecule has 0 aliphatic carbocycles. The lowest BCUT2D eigenvalue weighted by Crippen LogP contribution is -2.06. The molecule has 0 radical (unpaired) electrons. The van der Waals surface area contributed by atoms with Gasteiger partial charge in [0.2, 0.25) is 0 Å². The molecule has 0 amide bonds. The number of fused-ring (bicyclic) bond motifs is 1. The zero-order valence-electron chi connectivity index (χ0n) is 8.90. The summed E-state index contributed by atoms with van der Waals surface area (Å²) in [5.74, 6) is 0.222. The van der Waals surface area contributed by atoms with Crippen LogP contribution in [0.15, 0.2) is 36.7 Å². The number of pyridine rings is 1. The Morgan fingerprint density at radius 2 is 2.00 bits per heavy atom. The van der Waals surface area contributed by atoms with E-state index in [2.05, 4.69) is 4.98 Å². The minimum atomic E-state index is 0.0409. The number of hydrogen-bond donors (Lipinski definition) is 0. The van der Waals surface area contributed by atoms with Gasteiger partial charge in [0.1, 0.15) is 0 Å². The van der Waals surface area contributed by atoms with Gasteiger partial charge in [-0.1, -0.05) is 26.0 Å². The Kier molecular flexibility index (Phi) is 2.50. The van der Waals surface area contributed by atoms with Gasteiger partial charge in [-0.25, -0.2) is 0 Å². The van der Waals surface area contributed by atoms with Gasteiger partial charge >= 0.3 is 0 Å². The first-order valence-corrected chi connectivity index (χ1v) is 5.06. The fraction of sp³-hybridized carbons (Fsp3) is 0.231. The van der Waals surface area contributed by atoms with Crippen molar-refractivity contribution < 1.29 is 4.79 Å². The summed E-state index contributed by atoms with van der Waals surface area (Å²) in [6.45, 7) is 3.82. The van der Waals surface area contributed by atoms with Crippen LogP contribution in [-0.2, 0) is 0 Å². The van der Waals surface area contributed by atoms with Crippen molar-refractivity contribution in [1.29, 1.82) is 0 Å². The van der Waals surface area contributed by atoms with Crippen LogP contribution in [-0.4, -0.2) is 10.8 Å². The molecular weight excluding hydrogens is 186 g/mol. The van der Waals surface area contributed by atoms with Crippen LogP contribution in [0.2, 0.25) is 0 Å². The molecule has 0 aliphatic rings. The van der Waals surface area contributed by atoms with E-state index in [0.717, 1.165) is 16.3 Å². The molecule has 1 heterocycles. The van der Waals surface area contributed by atoms with Gasteiger partial charge in [0, 0.05) is 29.3 Å². The number of hydrogen-bond acceptors (Lipinski definition) is 2. The highest BCUT2D eigenvalue weighted by molar-refractivity contribution is 6.00. The topological polar surface area (TPSA) is 30.0 Å². The summed E-state index contributed by atoms with van der Waals surface area (Å²) in [5.41, 5.74) is 0.769.